The molecule has 35 heavy (non-hydrogen) atoms. The third-order valence-electron chi connectivity index (χ3n) is 6.15. The van der Waals surface area contributed by atoms with Gasteiger partial charge in [-0.3, -0.25) is 18.9 Å². The highest BCUT2D eigenvalue weighted by Crippen LogP contribution is 2.37. The van der Waals surface area contributed by atoms with E-state index in [0.717, 1.165) is 5.52 Å². The number of ether oxygens (including phenoxy) is 2. The van der Waals surface area contributed by atoms with Crippen LogP contribution in [0.15, 0.2) is 78.4 Å². The molecule has 0 N–H and O–H groups in total. The summed E-state index contributed by atoms with van der Waals surface area (Å²) in [5, 5.41) is 0.453. The number of nitrogens with zero attached hydrogens (tertiary/aromatic N) is 4. The van der Waals surface area contributed by atoms with Gasteiger partial charge in [0.25, 0.3) is 0 Å². The van der Waals surface area contributed by atoms with Crippen LogP contribution < -0.4 is 15.2 Å². The van der Waals surface area contributed by atoms with Gasteiger partial charge in [-0.25, -0.2) is 4.79 Å². The van der Waals surface area contributed by atoms with Gasteiger partial charge in [-0.15, -0.1) is 0 Å². The fraction of sp³-hybridized carbons (Fsp3) is 0.192. The number of para-hydroxylation sites is 1. The lowest BCUT2D eigenvalue weighted by Gasteiger charge is -2.15. The Morgan fingerprint density at radius 1 is 1.17 bits per heavy atom. The van der Waals surface area contributed by atoms with Crippen LogP contribution in [0.2, 0.25) is 5.02 Å². The standard InChI is InChI=1S/C26H23ClN4O4/c1-3-24(32)29-14-12-18(16-29)31-21-11-13-28-15-22(21)30(26(31)33)17-7-9-19(10-8-17)35-23-6-4-5-20(27)25(23)34-2/h3-11,13,15,18H,1,12,14,16H2,2H3/t18-/m1/s1. The zero-order valence-electron chi connectivity index (χ0n) is 19.1. The molecule has 3 heterocycles. The number of carbonyl (C=O) groups excluding carboxylic acids is 1. The molecule has 8 nitrogen and oxygen atoms in total. The van der Waals surface area contributed by atoms with Crippen LogP contribution in [0.4, 0.5) is 0 Å². The van der Waals surface area contributed by atoms with Crippen LogP contribution in [0, 0.1) is 0 Å². The number of imidazole rings is 1. The Hall–Kier alpha value is -4.04. The average molecular weight is 491 g/mol. The van der Waals surface area contributed by atoms with Crippen molar-refractivity contribution in [1.29, 1.82) is 0 Å². The summed E-state index contributed by atoms with van der Waals surface area (Å²) in [4.78, 5) is 31.6. The van der Waals surface area contributed by atoms with Gasteiger partial charge in [0.15, 0.2) is 11.5 Å². The highest BCUT2D eigenvalue weighted by atomic mass is 35.5. The Labute approximate surface area is 206 Å². The summed E-state index contributed by atoms with van der Waals surface area (Å²) in [5.41, 5.74) is 1.95. The Morgan fingerprint density at radius 2 is 1.97 bits per heavy atom. The van der Waals surface area contributed by atoms with Crippen LogP contribution in [-0.2, 0) is 4.79 Å². The minimum absolute atomic E-state index is 0.127. The molecule has 2 aromatic carbocycles. The second kappa shape index (κ2) is 9.31. The van der Waals surface area contributed by atoms with Crippen LogP contribution in [0.3, 0.4) is 0 Å². The molecule has 4 aromatic rings. The lowest BCUT2D eigenvalue weighted by atomic mass is 10.2. The number of hydrogen-bond donors (Lipinski definition) is 0. The molecule has 0 unspecified atom stereocenters. The molecule has 1 aliphatic heterocycles. The zero-order valence-corrected chi connectivity index (χ0v) is 19.8. The first-order chi connectivity index (χ1) is 17.0. The number of carbonyl (C=O) groups is 1. The van der Waals surface area contributed by atoms with E-state index < -0.39 is 0 Å². The van der Waals surface area contributed by atoms with Crippen LogP contribution in [0.1, 0.15) is 12.5 Å². The Morgan fingerprint density at radius 3 is 2.71 bits per heavy atom. The molecule has 1 aliphatic rings. The molecule has 1 atom stereocenters. The lowest BCUT2D eigenvalue weighted by molar-refractivity contribution is -0.125. The molecule has 0 saturated carbocycles. The molecular weight excluding hydrogens is 468 g/mol. The van der Waals surface area contributed by atoms with E-state index in [1.54, 1.807) is 56.8 Å². The average Bonchev–Trinajstić information content (AvgIpc) is 3.46. The Balaban J connectivity index is 1.50. The second-order valence-corrected chi connectivity index (χ2v) is 8.56. The van der Waals surface area contributed by atoms with Crippen LogP contribution in [-0.4, -0.2) is 45.1 Å². The Bertz CT molecular complexity index is 1480. The number of halogens is 1. The van der Waals surface area contributed by atoms with Crippen molar-refractivity contribution in [3.8, 4) is 22.9 Å². The lowest BCUT2D eigenvalue weighted by Crippen LogP contribution is -2.31. The molecule has 2 aromatic heterocycles. The van der Waals surface area contributed by atoms with Gasteiger partial charge in [-0.2, -0.15) is 0 Å². The van der Waals surface area contributed by atoms with E-state index in [0.29, 0.717) is 53.0 Å². The van der Waals surface area contributed by atoms with Crippen molar-refractivity contribution in [2.75, 3.05) is 20.2 Å². The van der Waals surface area contributed by atoms with E-state index in [-0.39, 0.29) is 17.6 Å². The van der Waals surface area contributed by atoms with Gasteiger partial charge < -0.3 is 14.4 Å². The van der Waals surface area contributed by atoms with Crippen molar-refractivity contribution >= 4 is 28.5 Å². The quantitative estimate of drug-likeness (QED) is 0.369. The third kappa shape index (κ3) is 4.06. The number of amides is 1. The summed E-state index contributed by atoms with van der Waals surface area (Å²) in [6.07, 6.45) is 5.34. The highest BCUT2D eigenvalue weighted by molar-refractivity contribution is 6.32. The molecule has 1 amide bonds. The van der Waals surface area contributed by atoms with Crippen LogP contribution >= 0.6 is 11.6 Å². The number of benzene rings is 2. The number of fused-ring (bicyclic) bond motifs is 1. The summed E-state index contributed by atoms with van der Waals surface area (Å²) >= 11 is 6.19. The summed E-state index contributed by atoms with van der Waals surface area (Å²) in [5.74, 6) is 1.38. The van der Waals surface area contributed by atoms with E-state index >= 15 is 0 Å². The first-order valence-electron chi connectivity index (χ1n) is 11.1. The summed E-state index contributed by atoms with van der Waals surface area (Å²) in [6.45, 7) is 4.61. The van der Waals surface area contributed by atoms with Crippen LogP contribution in [0.5, 0.6) is 17.2 Å². The molecule has 0 spiro atoms. The van der Waals surface area contributed by atoms with Crippen molar-refractivity contribution in [3.63, 3.8) is 0 Å². The highest BCUT2D eigenvalue weighted by Gasteiger charge is 2.30. The van der Waals surface area contributed by atoms with Gasteiger partial charge in [0.1, 0.15) is 5.75 Å². The largest absolute Gasteiger partial charge is 0.491 e. The summed E-state index contributed by atoms with van der Waals surface area (Å²) in [6, 6.07) is 14.2. The van der Waals surface area contributed by atoms with Gasteiger partial charge in [-0.05, 0) is 55.0 Å². The van der Waals surface area contributed by atoms with Gasteiger partial charge in [-0.1, -0.05) is 24.2 Å². The topological polar surface area (TPSA) is 78.6 Å². The number of likely N-dealkylation sites (tertiary alicyclic amines) is 1. The SMILES string of the molecule is C=CC(=O)N1CC[C@@H](n2c(=O)n(-c3ccc(Oc4cccc(Cl)c4OC)cc3)c3cnccc32)C1. The van der Waals surface area contributed by atoms with E-state index in [1.807, 2.05) is 18.2 Å². The zero-order chi connectivity index (χ0) is 24.5. The van der Waals surface area contributed by atoms with Crippen molar-refractivity contribution in [1.82, 2.24) is 19.0 Å². The molecule has 0 radical (unpaired) electrons. The predicted molar refractivity (Wildman–Crippen MR) is 134 cm³/mol. The fourth-order valence-electron chi connectivity index (χ4n) is 4.51. The molecule has 0 bridgehead atoms. The van der Waals surface area contributed by atoms with Crippen molar-refractivity contribution < 1.29 is 14.3 Å². The number of pyridine rings is 1. The maximum absolute atomic E-state index is 13.6. The van der Waals surface area contributed by atoms with Gasteiger partial charge in [0.05, 0.1) is 41.1 Å². The summed E-state index contributed by atoms with van der Waals surface area (Å²) < 4.78 is 14.7. The molecule has 0 aliphatic carbocycles. The van der Waals surface area contributed by atoms with Gasteiger partial charge in [0, 0.05) is 19.3 Å². The van der Waals surface area contributed by atoms with E-state index in [1.165, 1.54) is 13.2 Å². The molecule has 5 rings (SSSR count). The van der Waals surface area contributed by atoms with Crippen molar-refractivity contribution in [2.24, 2.45) is 0 Å². The summed E-state index contributed by atoms with van der Waals surface area (Å²) in [7, 11) is 1.53. The molecule has 178 valence electrons. The normalized spacial score (nSPS) is 15.4. The van der Waals surface area contributed by atoms with Gasteiger partial charge >= 0.3 is 5.69 Å². The maximum atomic E-state index is 13.6. The van der Waals surface area contributed by atoms with Crippen LogP contribution in [0.25, 0.3) is 16.7 Å². The smallest absolute Gasteiger partial charge is 0.334 e. The monoisotopic (exact) mass is 490 g/mol. The third-order valence-corrected chi connectivity index (χ3v) is 6.45. The minimum Gasteiger partial charge on any atom is -0.491 e. The first-order valence-corrected chi connectivity index (χ1v) is 11.5. The molecule has 1 fully saturated rings. The van der Waals surface area contributed by atoms with E-state index in [4.69, 9.17) is 21.1 Å². The number of hydrogen-bond acceptors (Lipinski definition) is 5. The van der Waals surface area contributed by atoms with Crippen molar-refractivity contribution in [2.45, 2.75) is 12.5 Å². The number of methoxy groups -OCH3 is 1. The molecule has 1 saturated heterocycles. The second-order valence-electron chi connectivity index (χ2n) is 8.15. The number of rotatable bonds is 6. The molecular formula is C26H23ClN4O4. The predicted octanol–water partition coefficient (Wildman–Crippen LogP) is 4.60. The van der Waals surface area contributed by atoms with E-state index in [9.17, 15) is 9.59 Å². The van der Waals surface area contributed by atoms with Gasteiger partial charge in [0.2, 0.25) is 5.91 Å². The minimum atomic E-state index is -0.184. The maximum Gasteiger partial charge on any atom is 0.334 e. The number of aromatic nitrogens is 3. The Kier molecular flexibility index (Phi) is 6.05. The molecule has 9 heteroatoms. The van der Waals surface area contributed by atoms with Crippen molar-refractivity contribution in [3.05, 3.63) is 89.1 Å². The fourth-order valence-corrected chi connectivity index (χ4v) is 4.75. The van der Waals surface area contributed by atoms with E-state index in [2.05, 4.69) is 11.6 Å². The first kappa shape index (κ1) is 22.7.